The van der Waals surface area contributed by atoms with Crippen molar-refractivity contribution in [3.63, 3.8) is 0 Å². The van der Waals surface area contributed by atoms with E-state index in [1.165, 1.54) is 0 Å². The second-order valence-electron chi connectivity index (χ2n) is 27.6. The molecule has 0 fully saturated rings. The minimum atomic E-state index is -0.384. The summed E-state index contributed by atoms with van der Waals surface area (Å²) in [5, 5.41) is 0. The molecule has 0 spiro atoms. The van der Waals surface area contributed by atoms with Crippen molar-refractivity contribution in [2.75, 3.05) is 24.5 Å². The van der Waals surface area contributed by atoms with E-state index >= 15 is 0 Å². The van der Waals surface area contributed by atoms with Crippen LogP contribution in [0.25, 0.3) is 0 Å². The van der Waals surface area contributed by atoms with Gasteiger partial charge in [0.2, 0.25) is 0 Å². The van der Waals surface area contributed by atoms with Crippen LogP contribution in [0.2, 0.25) is 0 Å². The van der Waals surface area contributed by atoms with Gasteiger partial charge in [-0.3, -0.25) is 0 Å². The van der Waals surface area contributed by atoms with Gasteiger partial charge < -0.3 is 43.4 Å². The molecule has 12 heteroatoms. The van der Waals surface area contributed by atoms with Crippen LogP contribution in [0.3, 0.4) is 0 Å². The van der Waals surface area contributed by atoms with Crippen LogP contribution in [-0.2, 0) is 0 Å². The fourth-order valence-electron chi connectivity index (χ4n) is 17.2. The highest BCUT2D eigenvalue weighted by atomic mass is 16.5. The van der Waals surface area contributed by atoms with Crippen LogP contribution in [0.4, 0.5) is 85.3 Å². The maximum absolute atomic E-state index is 7.78. The fourth-order valence-corrected chi connectivity index (χ4v) is 17.2. The second-order valence-corrected chi connectivity index (χ2v) is 27.6. The number of hydrogen-bond donors (Lipinski definition) is 0. The molecule has 488 valence electrons. The maximum atomic E-state index is 7.78. The lowest BCUT2D eigenvalue weighted by molar-refractivity contribution is 0.465. The van der Waals surface area contributed by atoms with Gasteiger partial charge in [-0.1, -0.05) is 194 Å². The third-order valence-electron chi connectivity index (χ3n) is 21.6. The third-order valence-corrected chi connectivity index (χ3v) is 21.6. The average molecular weight is 1330 g/mol. The molecule has 0 saturated heterocycles. The van der Waals surface area contributed by atoms with Crippen molar-refractivity contribution in [1.82, 2.24) is 0 Å². The van der Waals surface area contributed by atoms with E-state index in [2.05, 4.69) is 378 Å². The van der Waals surface area contributed by atoms with Crippen molar-refractivity contribution in [2.24, 2.45) is 0 Å². The number of anilines is 15. The summed E-state index contributed by atoms with van der Waals surface area (Å²) >= 11 is 0. The highest BCUT2D eigenvalue weighted by Gasteiger charge is 2.50. The first-order chi connectivity index (χ1) is 51.4. The molecule has 15 aromatic carbocycles. The van der Waals surface area contributed by atoms with Gasteiger partial charge in [-0.25, -0.2) is 0 Å². The van der Waals surface area contributed by atoms with E-state index in [0.29, 0.717) is 0 Å². The van der Waals surface area contributed by atoms with Gasteiger partial charge in [0.15, 0.2) is 0 Å². The first kappa shape index (κ1) is 59.5. The van der Waals surface area contributed by atoms with Gasteiger partial charge in [-0.2, -0.15) is 0 Å². The van der Waals surface area contributed by atoms with Gasteiger partial charge in [0.05, 0.1) is 17.1 Å². The number of nitrogens with zero attached hydrogens (tertiary/aromatic N) is 5. The Kier molecular flexibility index (Phi) is 13.5. The Hall–Kier alpha value is -13.3. The molecular formula is C92H62B3N5O4. The van der Waals surface area contributed by atoms with Crippen LogP contribution in [0.1, 0.15) is 11.1 Å². The van der Waals surface area contributed by atoms with Crippen molar-refractivity contribution in [3.8, 4) is 46.0 Å². The van der Waals surface area contributed by atoms with Crippen LogP contribution in [0.5, 0.6) is 46.0 Å². The first-order valence-electron chi connectivity index (χ1n) is 35.6. The highest BCUT2D eigenvalue weighted by Crippen LogP contribution is 2.52. The molecule has 0 N–H and O–H groups in total. The smallest absolute Gasteiger partial charge is 0.260 e. The normalized spacial score (nSPS) is 13.1. The van der Waals surface area contributed by atoms with Crippen LogP contribution in [-0.4, -0.2) is 20.1 Å². The second kappa shape index (κ2) is 23.7. The van der Waals surface area contributed by atoms with Crippen LogP contribution < -0.4 is 92.6 Å². The summed E-state index contributed by atoms with van der Waals surface area (Å²) in [6.45, 7) is 3.54. The summed E-state index contributed by atoms with van der Waals surface area (Å²) in [6, 6.07) is 122. The van der Waals surface area contributed by atoms with E-state index in [9.17, 15) is 0 Å². The van der Waals surface area contributed by atoms with Crippen molar-refractivity contribution in [1.29, 1.82) is 0 Å². The predicted molar refractivity (Wildman–Crippen MR) is 429 cm³/mol. The molecule has 15 aromatic rings. The molecule has 104 heavy (non-hydrogen) atoms. The molecular weight excluding hydrogens is 1270 g/mol. The molecule has 0 aromatic heterocycles. The van der Waals surface area contributed by atoms with Gasteiger partial charge >= 0.3 is 0 Å². The Balaban J connectivity index is 0.832. The van der Waals surface area contributed by atoms with Crippen molar-refractivity contribution in [3.05, 3.63) is 351 Å². The maximum Gasteiger partial charge on any atom is 0.260 e. The Bertz CT molecular complexity index is 5540. The van der Waals surface area contributed by atoms with E-state index < -0.39 is 0 Å². The number of benzene rings is 15. The van der Waals surface area contributed by atoms with Gasteiger partial charge in [-0.15, -0.1) is 0 Å². The minimum Gasteiger partial charge on any atom is -0.458 e. The number of fused-ring (bicyclic) bond motifs is 12. The average Bonchev–Trinajstić information content (AvgIpc) is 0.693. The number of aryl methyl sites for hydroxylation is 2. The largest absolute Gasteiger partial charge is 0.458 e. The minimum absolute atomic E-state index is 0.251. The Morgan fingerprint density at radius 2 is 0.481 bits per heavy atom. The fraction of sp³-hybridized carbons (Fsp3) is 0.0217. The predicted octanol–water partition coefficient (Wildman–Crippen LogP) is 18.3. The lowest BCUT2D eigenvalue weighted by Gasteiger charge is -2.43. The van der Waals surface area contributed by atoms with E-state index in [1.54, 1.807) is 0 Å². The molecule has 0 aliphatic carbocycles. The molecule has 0 unspecified atom stereocenters. The molecule has 6 aliphatic rings. The van der Waals surface area contributed by atoms with Gasteiger partial charge in [0.25, 0.3) is 20.1 Å². The lowest BCUT2D eigenvalue weighted by Crippen LogP contribution is -2.64. The lowest BCUT2D eigenvalue weighted by atomic mass is 9.30. The van der Waals surface area contributed by atoms with Gasteiger partial charge in [0, 0.05) is 110 Å². The third kappa shape index (κ3) is 9.31. The van der Waals surface area contributed by atoms with E-state index in [4.69, 9.17) is 18.9 Å². The van der Waals surface area contributed by atoms with Crippen molar-refractivity contribution in [2.45, 2.75) is 13.8 Å². The molecule has 21 rings (SSSR count). The molecule has 6 aliphatic heterocycles. The summed E-state index contributed by atoms with van der Waals surface area (Å²) in [6.07, 6.45) is 0. The summed E-state index contributed by atoms with van der Waals surface area (Å²) in [4.78, 5) is 11.9. The van der Waals surface area contributed by atoms with Crippen LogP contribution in [0.15, 0.2) is 340 Å². The zero-order chi connectivity index (χ0) is 68.7. The quantitative estimate of drug-likeness (QED) is 0.118. The Morgan fingerprint density at radius 1 is 0.202 bits per heavy atom. The van der Waals surface area contributed by atoms with Crippen LogP contribution >= 0.6 is 0 Å². The number of rotatable bonds is 11. The molecule has 0 saturated carbocycles. The van der Waals surface area contributed by atoms with Crippen molar-refractivity contribution >= 4 is 155 Å². The number of hydrogen-bond acceptors (Lipinski definition) is 9. The summed E-state index contributed by atoms with van der Waals surface area (Å²) in [5.41, 5.74) is 27.1. The molecule has 9 nitrogen and oxygen atoms in total. The van der Waals surface area contributed by atoms with E-state index in [1.807, 2.05) is 0 Å². The SMILES string of the molecule is Cc1ccccc1N1c2cc3c(cc2B2c4ccccc4Oc4cc(N(c5ccccc5)c5ccccc5)cc1c42)B1c2cc4c(cc2Oc2cc(N(c5ccccc5)c5ccccc5)cc(c21)O3)N(c1ccccc1C)c1cc(N(c2ccccc2)c2ccccc2)cc2c1B4c1ccccc1O2. The standard InChI is InChI=1S/C92H62B3N5O4/c1-59-29-21-25-45-76(59)99-78-57-84-74(55-72(78)93-70-43-23-27-47-82(70)101-86-51-67(49-80(99)90(86)93)96(61-31-9-3-10-32-61)62-33-11-4-12-34-62)95-75-56-73-79(58-85(75)104-89-54-69(53-88(103-84)92(89)95)98(65-39-17-7-18-40-65)66-41-19-8-20-42-66)100(77-46-26-22-30-60(77)2)81-50-68(52-87-91(81)94(73)71-44-24-28-48-83(71)102-87)97(63-35-13-5-14-36-63)64-37-15-6-16-38-64/h3-58H,1-2H3. The molecule has 0 bridgehead atoms. The van der Waals surface area contributed by atoms with Gasteiger partial charge in [-0.05, 0) is 178 Å². The van der Waals surface area contributed by atoms with E-state index in [0.717, 1.165) is 192 Å². The molecule has 0 amide bonds. The monoisotopic (exact) mass is 1330 g/mol. The zero-order valence-corrected chi connectivity index (χ0v) is 56.9. The van der Waals surface area contributed by atoms with E-state index in [-0.39, 0.29) is 20.1 Å². The molecule has 0 radical (unpaired) electrons. The molecule has 6 heterocycles. The topological polar surface area (TPSA) is 53.1 Å². The van der Waals surface area contributed by atoms with Crippen LogP contribution in [0, 0.1) is 13.8 Å². The zero-order valence-electron chi connectivity index (χ0n) is 56.9. The summed E-state index contributed by atoms with van der Waals surface area (Å²) in [7, 11) is 0. The van der Waals surface area contributed by atoms with Crippen molar-refractivity contribution < 1.29 is 18.9 Å². The number of ether oxygens (including phenoxy) is 4. The highest BCUT2D eigenvalue weighted by molar-refractivity contribution is 7.03. The Labute approximate surface area is 605 Å². The number of para-hydroxylation sites is 10. The Morgan fingerprint density at radius 3 is 0.827 bits per heavy atom. The summed E-state index contributed by atoms with van der Waals surface area (Å²) < 4.78 is 30.2. The first-order valence-corrected chi connectivity index (χ1v) is 35.6. The van der Waals surface area contributed by atoms with Gasteiger partial charge in [0.1, 0.15) is 46.0 Å². The molecule has 0 atom stereocenters. The summed E-state index contributed by atoms with van der Waals surface area (Å²) in [5.74, 6) is 6.20.